The number of ether oxygens (including phenoxy) is 1. The lowest BCUT2D eigenvalue weighted by Gasteiger charge is -2.08. The Morgan fingerprint density at radius 1 is 1.19 bits per heavy atom. The topological polar surface area (TPSA) is 61.3 Å². The Kier molecular flexibility index (Phi) is 3.47. The summed E-state index contributed by atoms with van der Waals surface area (Å²) in [5, 5.41) is 0.764. The molecule has 0 saturated heterocycles. The van der Waals surface area contributed by atoms with Gasteiger partial charge in [0.15, 0.2) is 12.2 Å². The fraction of sp³-hybridized carbons (Fsp3) is 0.188. The van der Waals surface area contributed by atoms with Crippen LogP contribution in [0, 0.1) is 13.8 Å². The third kappa shape index (κ3) is 2.81. The summed E-state index contributed by atoms with van der Waals surface area (Å²) >= 11 is 6.14. The van der Waals surface area contributed by atoms with Crippen LogP contribution in [0.1, 0.15) is 17.0 Å². The number of rotatable bonds is 3. The molecule has 108 valence electrons. The van der Waals surface area contributed by atoms with Crippen LogP contribution in [0.25, 0.3) is 11.1 Å². The van der Waals surface area contributed by atoms with Crippen LogP contribution in [0.2, 0.25) is 5.02 Å². The van der Waals surface area contributed by atoms with Gasteiger partial charge < -0.3 is 14.9 Å². The number of nitrogen functional groups attached to an aromatic ring is 1. The number of aryl methyl sites for hydroxylation is 2. The number of hydrogen-bond donors (Lipinski definition) is 1. The van der Waals surface area contributed by atoms with Crippen molar-refractivity contribution in [2.24, 2.45) is 0 Å². The normalized spacial score (nSPS) is 11.0. The van der Waals surface area contributed by atoms with Crippen molar-refractivity contribution in [2.75, 3.05) is 5.73 Å². The highest BCUT2D eigenvalue weighted by Crippen LogP contribution is 2.26. The number of hydrogen-bond acceptors (Lipinski definition) is 4. The molecule has 0 spiro atoms. The van der Waals surface area contributed by atoms with Crippen molar-refractivity contribution in [3.63, 3.8) is 0 Å². The van der Waals surface area contributed by atoms with Gasteiger partial charge in [-0.05, 0) is 55.3 Å². The smallest absolute Gasteiger partial charge is 0.233 e. The molecular formula is C16H15ClN2O2. The Hall–Kier alpha value is -2.20. The summed E-state index contributed by atoms with van der Waals surface area (Å²) in [6.07, 6.45) is 0. The molecule has 2 N–H and O–H groups in total. The van der Waals surface area contributed by atoms with Gasteiger partial charge in [-0.25, -0.2) is 4.98 Å². The van der Waals surface area contributed by atoms with Crippen LogP contribution in [0.5, 0.6) is 5.75 Å². The van der Waals surface area contributed by atoms with E-state index in [2.05, 4.69) is 4.98 Å². The van der Waals surface area contributed by atoms with Crippen molar-refractivity contribution in [1.29, 1.82) is 0 Å². The largest absolute Gasteiger partial charge is 0.484 e. The van der Waals surface area contributed by atoms with Crippen LogP contribution in [-0.2, 0) is 6.61 Å². The fourth-order valence-corrected chi connectivity index (χ4v) is 2.30. The minimum atomic E-state index is 0.259. The second-order valence-corrected chi connectivity index (χ2v) is 5.37. The quantitative estimate of drug-likeness (QED) is 0.734. The van der Waals surface area contributed by atoms with E-state index >= 15 is 0 Å². The van der Waals surface area contributed by atoms with Gasteiger partial charge in [-0.3, -0.25) is 0 Å². The first-order valence-electron chi connectivity index (χ1n) is 6.57. The van der Waals surface area contributed by atoms with E-state index in [9.17, 15) is 0 Å². The van der Waals surface area contributed by atoms with Gasteiger partial charge in [-0.2, -0.15) is 0 Å². The van der Waals surface area contributed by atoms with Gasteiger partial charge in [-0.1, -0.05) is 11.6 Å². The van der Waals surface area contributed by atoms with Gasteiger partial charge in [0.25, 0.3) is 0 Å². The molecule has 0 aliphatic carbocycles. The number of benzene rings is 2. The summed E-state index contributed by atoms with van der Waals surface area (Å²) in [6, 6.07) is 9.16. The zero-order valence-electron chi connectivity index (χ0n) is 11.8. The Morgan fingerprint density at radius 3 is 2.62 bits per heavy atom. The number of fused-ring (bicyclic) bond motifs is 1. The molecule has 4 nitrogen and oxygen atoms in total. The Labute approximate surface area is 127 Å². The first kappa shape index (κ1) is 13.8. The second kappa shape index (κ2) is 5.30. The molecule has 0 amide bonds. The maximum absolute atomic E-state index is 6.14. The Morgan fingerprint density at radius 2 is 1.90 bits per heavy atom. The third-order valence-corrected chi connectivity index (χ3v) is 3.82. The maximum Gasteiger partial charge on any atom is 0.233 e. The zero-order valence-corrected chi connectivity index (χ0v) is 12.6. The van der Waals surface area contributed by atoms with Gasteiger partial charge in [0.05, 0.1) is 0 Å². The van der Waals surface area contributed by atoms with Gasteiger partial charge in [0.2, 0.25) is 5.89 Å². The summed E-state index contributed by atoms with van der Waals surface area (Å²) in [5.41, 5.74) is 9.78. The summed E-state index contributed by atoms with van der Waals surface area (Å²) in [5.74, 6) is 1.26. The average molecular weight is 303 g/mol. The predicted octanol–water partition coefficient (Wildman–Crippen LogP) is 4.26. The van der Waals surface area contributed by atoms with Crippen LogP contribution in [0.15, 0.2) is 34.7 Å². The molecule has 21 heavy (non-hydrogen) atoms. The number of nitrogens with zero attached hydrogens (tertiary/aromatic N) is 1. The van der Waals surface area contributed by atoms with E-state index in [4.69, 9.17) is 26.5 Å². The van der Waals surface area contributed by atoms with Crippen molar-refractivity contribution < 1.29 is 9.15 Å². The lowest BCUT2D eigenvalue weighted by Crippen LogP contribution is -1.96. The molecular weight excluding hydrogens is 288 g/mol. The van der Waals surface area contributed by atoms with Crippen LogP contribution < -0.4 is 10.5 Å². The van der Waals surface area contributed by atoms with Crippen molar-refractivity contribution in [2.45, 2.75) is 20.5 Å². The number of halogens is 1. The van der Waals surface area contributed by atoms with Gasteiger partial charge >= 0.3 is 0 Å². The van der Waals surface area contributed by atoms with E-state index in [1.807, 2.05) is 26.0 Å². The molecule has 0 bridgehead atoms. The fourth-order valence-electron chi connectivity index (χ4n) is 2.19. The van der Waals surface area contributed by atoms with E-state index in [0.29, 0.717) is 17.2 Å². The maximum atomic E-state index is 6.14. The Bertz CT molecular complexity index is 788. The molecule has 1 heterocycles. The molecule has 0 fully saturated rings. The number of anilines is 1. The van der Waals surface area contributed by atoms with Gasteiger partial charge in [0, 0.05) is 10.7 Å². The van der Waals surface area contributed by atoms with Crippen LogP contribution in [-0.4, -0.2) is 4.98 Å². The summed E-state index contributed by atoms with van der Waals surface area (Å²) < 4.78 is 11.3. The van der Waals surface area contributed by atoms with Crippen molar-refractivity contribution in [3.8, 4) is 5.75 Å². The molecule has 3 aromatic rings. The molecule has 3 rings (SSSR count). The molecule has 1 aromatic heterocycles. The first-order chi connectivity index (χ1) is 10.0. The molecule has 0 atom stereocenters. The predicted molar refractivity (Wildman–Crippen MR) is 83.7 cm³/mol. The lowest BCUT2D eigenvalue weighted by atomic mass is 10.1. The summed E-state index contributed by atoms with van der Waals surface area (Å²) in [6.45, 7) is 4.16. The van der Waals surface area contributed by atoms with Crippen LogP contribution in [0.3, 0.4) is 0 Å². The van der Waals surface area contributed by atoms with E-state index in [0.717, 1.165) is 27.4 Å². The molecule has 5 heteroatoms. The number of oxazole rings is 1. The number of aromatic nitrogens is 1. The van der Waals surface area contributed by atoms with E-state index < -0.39 is 0 Å². The molecule has 2 aromatic carbocycles. The van der Waals surface area contributed by atoms with E-state index in [1.54, 1.807) is 18.2 Å². The number of nitrogens with two attached hydrogens (primary N) is 1. The molecule has 0 aliphatic rings. The monoisotopic (exact) mass is 302 g/mol. The molecule has 0 unspecified atom stereocenters. The highest BCUT2D eigenvalue weighted by molar-refractivity contribution is 6.32. The van der Waals surface area contributed by atoms with Crippen molar-refractivity contribution in [3.05, 3.63) is 52.4 Å². The third-order valence-electron chi connectivity index (χ3n) is 3.23. The highest BCUT2D eigenvalue weighted by atomic mass is 35.5. The minimum absolute atomic E-state index is 0.259. The summed E-state index contributed by atoms with van der Waals surface area (Å²) in [7, 11) is 0. The molecule has 0 aliphatic heterocycles. The zero-order chi connectivity index (χ0) is 15.0. The van der Waals surface area contributed by atoms with Gasteiger partial charge in [-0.15, -0.1) is 0 Å². The van der Waals surface area contributed by atoms with Crippen LogP contribution >= 0.6 is 11.6 Å². The Balaban J connectivity index is 1.80. The van der Waals surface area contributed by atoms with Crippen LogP contribution in [0.4, 0.5) is 5.69 Å². The molecule has 0 saturated carbocycles. The molecule has 0 radical (unpaired) electrons. The van der Waals surface area contributed by atoms with Gasteiger partial charge in [0.1, 0.15) is 11.3 Å². The first-order valence-corrected chi connectivity index (χ1v) is 6.95. The van der Waals surface area contributed by atoms with Crippen molar-refractivity contribution in [1.82, 2.24) is 4.98 Å². The highest BCUT2D eigenvalue weighted by Gasteiger charge is 2.08. The standard InChI is InChI=1S/C16H15ClN2O2/c1-9-5-12(6-10(2)16(9)17)20-8-15-19-13-7-11(18)3-4-14(13)21-15/h3-7H,8,18H2,1-2H3. The van der Waals surface area contributed by atoms with E-state index in [1.165, 1.54) is 0 Å². The SMILES string of the molecule is Cc1cc(OCc2nc3cc(N)ccc3o2)cc(C)c1Cl. The van der Waals surface area contributed by atoms with Crippen molar-refractivity contribution >= 4 is 28.4 Å². The lowest BCUT2D eigenvalue weighted by molar-refractivity contribution is 0.267. The minimum Gasteiger partial charge on any atom is -0.484 e. The summed E-state index contributed by atoms with van der Waals surface area (Å²) in [4.78, 5) is 4.35. The van der Waals surface area contributed by atoms with E-state index in [-0.39, 0.29) is 6.61 Å². The average Bonchev–Trinajstić information content (AvgIpc) is 2.84. The second-order valence-electron chi connectivity index (χ2n) is 4.99.